The maximum Gasteiger partial charge on any atom is 0.242 e. The Labute approximate surface area is 125 Å². The van der Waals surface area contributed by atoms with Gasteiger partial charge in [-0.3, -0.25) is 9.78 Å². The second kappa shape index (κ2) is 7.43. The third kappa shape index (κ3) is 4.60. The highest BCUT2D eigenvalue weighted by Crippen LogP contribution is 2.08. The summed E-state index contributed by atoms with van der Waals surface area (Å²) in [6.07, 6.45) is 1.75. The van der Waals surface area contributed by atoms with Gasteiger partial charge in [0.1, 0.15) is 0 Å². The zero-order chi connectivity index (χ0) is 15.1. The van der Waals surface area contributed by atoms with E-state index in [0.717, 1.165) is 11.4 Å². The summed E-state index contributed by atoms with van der Waals surface area (Å²) in [5.74, 6) is 0.0690. The highest BCUT2D eigenvalue weighted by molar-refractivity contribution is 5.81. The molecular weight excluding hydrogens is 262 g/mol. The van der Waals surface area contributed by atoms with Crippen molar-refractivity contribution in [2.75, 3.05) is 11.9 Å². The molecule has 110 valence electrons. The number of carbonyl (C=O) groups is 1. The number of pyridine rings is 1. The monoisotopic (exact) mass is 283 g/mol. The molecule has 0 aliphatic carbocycles. The van der Waals surface area contributed by atoms with Gasteiger partial charge in [0.15, 0.2) is 0 Å². The second-order valence-electron chi connectivity index (χ2n) is 5.16. The van der Waals surface area contributed by atoms with Crippen LogP contribution in [0.15, 0.2) is 54.7 Å². The Hall–Kier alpha value is -2.36. The molecule has 0 aliphatic rings. The van der Waals surface area contributed by atoms with Crippen LogP contribution in [0.25, 0.3) is 0 Å². The fourth-order valence-electron chi connectivity index (χ4n) is 2.06. The van der Waals surface area contributed by atoms with E-state index in [1.165, 1.54) is 0 Å². The summed E-state index contributed by atoms with van der Waals surface area (Å²) < 4.78 is 0. The standard InChI is InChI=1S/C17H21N3O/c1-14(2)20(13-16-10-6-7-11-18-16)17(21)12-19-15-8-4-3-5-9-15/h3-11,14,19H,12-13H2,1-2H3. The molecule has 1 aromatic heterocycles. The Morgan fingerprint density at radius 3 is 2.48 bits per heavy atom. The molecule has 1 heterocycles. The minimum atomic E-state index is 0.0690. The summed E-state index contributed by atoms with van der Waals surface area (Å²) in [4.78, 5) is 18.5. The average Bonchev–Trinajstić information content (AvgIpc) is 2.52. The highest BCUT2D eigenvalue weighted by atomic mass is 16.2. The Bertz CT molecular complexity index is 555. The van der Waals surface area contributed by atoms with Crippen LogP contribution in [-0.4, -0.2) is 28.4 Å². The topological polar surface area (TPSA) is 45.2 Å². The molecule has 0 radical (unpaired) electrons. The van der Waals surface area contributed by atoms with E-state index in [1.54, 1.807) is 6.20 Å². The molecule has 1 aromatic carbocycles. The molecule has 1 N–H and O–H groups in total. The van der Waals surface area contributed by atoms with Gasteiger partial charge in [-0.15, -0.1) is 0 Å². The third-order valence-corrected chi connectivity index (χ3v) is 3.22. The minimum absolute atomic E-state index is 0.0690. The molecule has 21 heavy (non-hydrogen) atoms. The number of aromatic nitrogens is 1. The largest absolute Gasteiger partial charge is 0.376 e. The van der Waals surface area contributed by atoms with Crippen molar-refractivity contribution < 1.29 is 4.79 Å². The quantitative estimate of drug-likeness (QED) is 0.886. The van der Waals surface area contributed by atoms with Gasteiger partial charge in [-0.1, -0.05) is 24.3 Å². The second-order valence-corrected chi connectivity index (χ2v) is 5.16. The number of para-hydroxylation sites is 1. The lowest BCUT2D eigenvalue weighted by atomic mass is 10.2. The first-order valence-electron chi connectivity index (χ1n) is 7.15. The number of amides is 1. The lowest BCUT2D eigenvalue weighted by molar-refractivity contribution is -0.131. The van der Waals surface area contributed by atoms with Gasteiger partial charge in [-0.05, 0) is 38.1 Å². The van der Waals surface area contributed by atoms with Crippen LogP contribution in [0.4, 0.5) is 5.69 Å². The van der Waals surface area contributed by atoms with E-state index in [-0.39, 0.29) is 18.5 Å². The lowest BCUT2D eigenvalue weighted by Crippen LogP contribution is -2.40. The maximum atomic E-state index is 12.4. The van der Waals surface area contributed by atoms with E-state index in [9.17, 15) is 4.79 Å². The molecule has 0 fully saturated rings. The number of carbonyl (C=O) groups excluding carboxylic acids is 1. The van der Waals surface area contributed by atoms with Crippen molar-refractivity contribution in [2.45, 2.75) is 26.4 Å². The van der Waals surface area contributed by atoms with Crippen LogP contribution in [0.5, 0.6) is 0 Å². The van der Waals surface area contributed by atoms with E-state index in [4.69, 9.17) is 0 Å². The van der Waals surface area contributed by atoms with Gasteiger partial charge >= 0.3 is 0 Å². The van der Waals surface area contributed by atoms with E-state index >= 15 is 0 Å². The molecule has 4 nitrogen and oxygen atoms in total. The normalized spacial score (nSPS) is 10.4. The van der Waals surface area contributed by atoms with Crippen LogP contribution in [0.3, 0.4) is 0 Å². The number of rotatable bonds is 6. The molecule has 0 atom stereocenters. The SMILES string of the molecule is CC(C)N(Cc1ccccn1)C(=O)CNc1ccccc1. The number of anilines is 1. The molecule has 0 unspecified atom stereocenters. The van der Waals surface area contributed by atoms with E-state index in [2.05, 4.69) is 10.3 Å². The van der Waals surface area contributed by atoms with Crippen LogP contribution < -0.4 is 5.32 Å². The molecular formula is C17H21N3O. The first-order valence-corrected chi connectivity index (χ1v) is 7.15. The molecule has 0 aliphatic heterocycles. The van der Waals surface area contributed by atoms with E-state index in [0.29, 0.717) is 6.54 Å². The summed E-state index contributed by atoms with van der Waals surface area (Å²) in [6, 6.07) is 15.6. The van der Waals surface area contributed by atoms with Crippen LogP contribution in [0, 0.1) is 0 Å². The molecule has 2 rings (SSSR count). The molecule has 0 saturated heterocycles. The first-order chi connectivity index (χ1) is 10.2. The molecule has 4 heteroatoms. The lowest BCUT2D eigenvalue weighted by Gasteiger charge is -2.26. The predicted octanol–water partition coefficient (Wildman–Crippen LogP) is 2.93. The van der Waals surface area contributed by atoms with Gasteiger partial charge in [0.05, 0.1) is 18.8 Å². The summed E-state index contributed by atoms with van der Waals surface area (Å²) in [6.45, 7) is 4.86. The van der Waals surface area contributed by atoms with Crippen molar-refractivity contribution in [3.63, 3.8) is 0 Å². The Morgan fingerprint density at radius 2 is 1.86 bits per heavy atom. The van der Waals surface area contributed by atoms with Crippen LogP contribution >= 0.6 is 0 Å². The van der Waals surface area contributed by atoms with Gasteiger partial charge < -0.3 is 10.2 Å². The fraction of sp³-hybridized carbons (Fsp3) is 0.294. The summed E-state index contributed by atoms with van der Waals surface area (Å²) in [5, 5.41) is 3.15. The summed E-state index contributed by atoms with van der Waals surface area (Å²) in [5.41, 5.74) is 1.85. The molecule has 0 bridgehead atoms. The van der Waals surface area contributed by atoms with Crippen molar-refractivity contribution in [3.05, 3.63) is 60.4 Å². The van der Waals surface area contributed by atoms with Crippen molar-refractivity contribution in [3.8, 4) is 0 Å². The number of nitrogens with zero attached hydrogens (tertiary/aromatic N) is 2. The Balaban J connectivity index is 1.96. The van der Waals surface area contributed by atoms with Gasteiger partial charge in [0.25, 0.3) is 0 Å². The Kier molecular flexibility index (Phi) is 5.32. The van der Waals surface area contributed by atoms with Crippen molar-refractivity contribution in [1.29, 1.82) is 0 Å². The predicted molar refractivity (Wildman–Crippen MR) is 84.9 cm³/mol. The average molecular weight is 283 g/mol. The van der Waals surface area contributed by atoms with Gasteiger partial charge in [0.2, 0.25) is 5.91 Å². The highest BCUT2D eigenvalue weighted by Gasteiger charge is 2.17. The van der Waals surface area contributed by atoms with E-state index in [1.807, 2.05) is 67.3 Å². The van der Waals surface area contributed by atoms with Crippen molar-refractivity contribution in [2.24, 2.45) is 0 Å². The number of benzene rings is 1. The zero-order valence-corrected chi connectivity index (χ0v) is 12.5. The van der Waals surface area contributed by atoms with Crippen molar-refractivity contribution in [1.82, 2.24) is 9.88 Å². The number of hydrogen-bond acceptors (Lipinski definition) is 3. The fourth-order valence-corrected chi connectivity index (χ4v) is 2.06. The minimum Gasteiger partial charge on any atom is -0.376 e. The molecule has 0 spiro atoms. The van der Waals surface area contributed by atoms with Crippen LogP contribution in [0.2, 0.25) is 0 Å². The molecule has 0 saturated carbocycles. The third-order valence-electron chi connectivity index (χ3n) is 3.22. The first kappa shape index (κ1) is 15.0. The van der Waals surface area contributed by atoms with Gasteiger partial charge in [-0.2, -0.15) is 0 Å². The van der Waals surface area contributed by atoms with Crippen LogP contribution in [0.1, 0.15) is 19.5 Å². The Morgan fingerprint density at radius 1 is 1.14 bits per heavy atom. The smallest absolute Gasteiger partial charge is 0.242 e. The summed E-state index contributed by atoms with van der Waals surface area (Å²) in [7, 11) is 0. The molecule has 2 aromatic rings. The van der Waals surface area contributed by atoms with Crippen molar-refractivity contribution >= 4 is 11.6 Å². The van der Waals surface area contributed by atoms with E-state index < -0.39 is 0 Å². The van der Waals surface area contributed by atoms with Gasteiger partial charge in [-0.25, -0.2) is 0 Å². The number of hydrogen-bond donors (Lipinski definition) is 1. The zero-order valence-electron chi connectivity index (χ0n) is 12.5. The van der Waals surface area contributed by atoms with Crippen LogP contribution in [-0.2, 0) is 11.3 Å². The maximum absolute atomic E-state index is 12.4. The number of nitrogens with one attached hydrogen (secondary N) is 1. The van der Waals surface area contributed by atoms with Gasteiger partial charge in [0, 0.05) is 17.9 Å². The summed E-state index contributed by atoms with van der Waals surface area (Å²) >= 11 is 0. The molecule has 1 amide bonds.